The van der Waals surface area contributed by atoms with Crippen molar-refractivity contribution < 1.29 is 9.53 Å². The lowest BCUT2D eigenvalue weighted by Gasteiger charge is -2.27. The molecule has 2 aromatic heterocycles. The van der Waals surface area contributed by atoms with Crippen molar-refractivity contribution in [3.63, 3.8) is 0 Å². The average molecular weight is 487 g/mol. The Morgan fingerprint density at radius 1 is 0.938 bits per heavy atom. The van der Waals surface area contributed by atoms with E-state index in [1.165, 1.54) is 0 Å². The summed E-state index contributed by atoms with van der Waals surface area (Å²) in [5, 5.41) is 1.59. The van der Waals surface area contributed by atoms with Crippen LogP contribution in [0, 0.1) is 0 Å². The van der Waals surface area contributed by atoms with Crippen LogP contribution in [0.5, 0.6) is 0 Å². The maximum Gasteiger partial charge on any atom is 0.255 e. The van der Waals surface area contributed by atoms with E-state index in [4.69, 9.17) is 44.5 Å². The van der Waals surface area contributed by atoms with Gasteiger partial charge in [0.05, 0.1) is 40.2 Å². The van der Waals surface area contributed by atoms with E-state index < -0.39 is 0 Å². The molecule has 0 radical (unpaired) electrons. The first-order valence-corrected chi connectivity index (χ1v) is 11.3. The van der Waals surface area contributed by atoms with Crippen molar-refractivity contribution in [1.82, 2.24) is 14.3 Å². The van der Waals surface area contributed by atoms with Crippen molar-refractivity contribution in [3.8, 4) is 22.5 Å². The van der Waals surface area contributed by atoms with Crippen LogP contribution in [-0.4, -0.2) is 46.5 Å². The molecule has 32 heavy (non-hydrogen) atoms. The molecule has 3 heterocycles. The second kappa shape index (κ2) is 8.75. The smallest absolute Gasteiger partial charge is 0.255 e. The zero-order valence-corrected chi connectivity index (χ0v) is 19.2. The first-order chi connectivity index (χ1) is 15.5. The summed E-state index contributed by atoms with van der Waals surface area (Å²) in [7, 11) is 0. The maximum absolute atomic E-state index is 13.2. The average Bonchev–Trinajstić information content (AvgIpc) is 3.20. The third-order valence-corrected chi connectivity index (χ3v) is 6.33. The van der Waals surface area contributed by atoms with Gasteiger partial charge in [-0.05, 0) is 24.3 Å². The number of hydrogen-bond acceptors (Lipinski definition) is 3. The van der Waals surface area contributed by atoms with Gasteiger partial charge in [0.1, 0.15) is 0 Å². The highest BCUT2D eigenvalue weighted by atomic mass is 35.5. The van der Waals surface area contributed by atoms with E-state index in [1.807, 2.05) is 52.9 Å². The second-order valence-electron chi connectivity index (χ2n) is 7.47. The van der Waals surface area contributed by atoms with Crippen molar-refractivity contribution in [3.05, 3.63) is 81.4 Å². The largest absolute Gasteiger partial charge is 0.378 e. The van der Waals surface area contributed by atoms with Gasteiger partial charge in [0, 0.05) is 35.4 Å². The molecule has 8 heteroatoms. The quantitative estimate of drug-likeness (QED) is 0.351. The summed E-state index contributed by atoms with van der Waals surface area (Å²) in [4.78, 5) is 19.8. The number of nitrogens with zero attached hydrogens (tertiary/aromatic N) is 3. The molecule has 0 unspecified atom stereocenters. The summed E-state index contributed by atoms with van der Waals surface area (Å²) in [6.07, 6.45) is 1.79. The molecule has 0 bridgehead atoms. The molecule has 4 aromatic rings. The lowest BCUT2D eigenvalue weighted by Crippen LogP contribution is -2.40. The van der Waals surface area contributed by atoms with Crippen LogP contribution in [0.1, 0.15) is 10.4 Å². The van der Waals surface area contributed by atoms with Crippen molar-refractivity contribution in [2.75, 3.05) is 26.3 Å². The Morgan fingerprint density at radius 2 is 1.66 bits per heavy atom. The van der Waals surface area contributed by atoms with Gasteiger partial charge in [0.25, 0.3) is 5.91 Å². The minimum atomic E-state index is -0.0906. The van der Waals surface area contributed by atoms with Crippen LogP contribution in [0.2, 0.25) is 15.1 Å². The highest BCUT2D eigenvalue weighted by molar-refractivity contribution is 6.34. The van der Waals surface area contributed by atoms with Crippen molar-refractivity contribution in [2.45, 2.75) is 0 Å². The van der Waals surface area contributed by atoms with Crippen LogP contribution >= 0.6 is 34.8 Å². The highest BCUT2D eigenvalue weighted by Gasteiger charge is 2.24. The van der Waals surface area contributed by atoms with E-state index in [0.29, 0.717) is 58.3 Å². The molecule has 0 aliphatic carbocycles. The second-order valence-corrected chi connectivity index (χ2v) is 8.72. The van der Waals surface area contributed by atoms with E-state index in [9.17, 15) is 4.79 Å². The Morgan fingerprint density at radius 3 is 2.38 bits per heavy atom. The predicted octanol–water partition coefficient (Wildman–Crippen LogP) is 6.10. The molecular formula is C24H18Cl3N3O2. The number of carbonyl (C=O) groups excluding carboxylic acids is 1. The first-order valence-electron chi connectivity index (χ1n) is 10.1. The number of hydrogen-bond donors (Lipinski definition) is 0. The van der Waals surface area contributed by atoms with E-state index >= 15 is 0 Å². The number of pyridine rings is 1. The maximum atomic E-state index is 13.2. The lowest BCUT2D eigenvalue weighted by atomic mass is 10.0. The molecule has 5 nitrogen and oxygen atoms in total. The summed E-state index contributed by atoms with van der Waals surface area (Å²) < 4.78 is 7.23. The molecule has 1 amide bonds. The fourth-order valence-electron chi connectivity index (χ4n) is 3.89. The number of fused-ring (bicyclic) bond motifs is 1. The molecule has 1 saturated heterocycles. The van der Waals surface area contributed by atoms with Gasteiger partial charge in [0.2, 0.25) is 0 Å². The number of carbonyl (C=O) groups is 1. The first kappa shape index (κ1) is 21.3. The van der Waals surface area contributed by atoms with Crippen LogP contribution in [0.15, 0.2) is 60.8 Å². The molecule has 2 aromatic carbocycles. The molecule has 162 valence electrons. The Bertz CT molecular complexity index is 1310. The van der Waals surface area contributed by atoms with Crippen LogP contribution in [0.3, 0.4) is 0 Å². The fourth-order valence-corrected chi connectivity index (χ4v) is 4.50. The monoisotopic (exact) mass is 485 g/mol. The molecule has 5 rings (SSSR count). The van der Waals surface area contributed by atoms with Gasteiger partial charge in [0.15, 0.2) is 5.65 Å². The van der Waals surface area contributed by atoms with Gasteiger partial charge in [-0.25, -0.2) is 4.98 Å². The number of halogens is 3. The molecule has 0 saturated carbocycles. The summed E-state index contributed by atoms with van der Waals surface area (Å²) in [6, 6.07) is 16.6. The molecule has 0 atom stereocenters. The van der Waals surface area contributed by atoms with Crippen LogP contribution in [0.25, 0.3) is 28.2 Å². The normalized spacial score (nSPS) is 14.2. The number of benzene rings is 2. The summed E-state index contributed by atoms with van der Waals surface area (Å²) in [5.41, 5.74) is 4.15. The van der Waals surface area contributed by atoms with Crippen molar-refractivity contribution in [2.24, 2.45) is 0 Å². The minimum Gasteiger partial charge on any atom is -0.378 e. The Kier molecular flexibility index (Phi) is 5.82. The SMILES string of the molecule is O=C(c1cc(Cl)c2nc(-c3ccccc3Cl)c(-c3ccc(Cl)cc3)n2c1)N1CCOCC1. The number of morpholine rings is 1. The van der Waals surface area contributed by atoms with E-state index in [1.54, 1.807) is 17.2 Å². The summed E-state index contributed by atoms with van der Waals surface area (Å²) in [6.45, 7) is 2.15. The van der Waals surface area contributed by atoms with Crippen LogP contribution in [0.4, 0.5) is 0 Å². The van der Waals surface area contributed by atoms with Crippen molar-refractivity contribution in [1.29, 1.82) is 0 Å². The van der Waals surface area contributed by atoms with E-state index in [0.717, 1.165) is 16.8 Å². The zero-order valence-electron chi connectivity index (χ0n) is 16.9. The van der Waals surface area contributed by atoms with Gasteiger partial charge in [-0.3, -0.25) is 9.20 Å². The number of ether oxygens (including phenoxy) is 1. The predicted molar refractivity (Wildman–Crippen MR) is 128 cm³/mol. The van der Waals surface area contributed by atoms with E-state index in [2.05, 4.69) is 0 Å². The lowest BCUT2D eigenvalue weighted by molar-refractivity contribution is 0.0302. The standard InChI is InChI=1S/C24H18Cl3N3O2/c25-17-7-5-15(6-8-17)22-21(18-3-1-2-4-19(18)26)28-23-20(27)13-16(14-30(22)23)24(31)29-9-11-32-12-10-29/h1-8,13-14H,9-12H2. The van der Waals surface area contributed by atoms with Gasteiger partial charge < -0.3 is 9.64 Å². The third-order valence-electron chi connectivity index (χ3n) is 5.47. The molecule has 0 spiro atoms. The van der Waals surface area contributed by atoms with Crippen molar-refractivity contribution >= 4 is 46.4 Å². The number of imidazole rings is 1. The molecule has 1 aliphatic rings. The number of aromatic nitrogens is 2. The zero-order chi connectivity index (χ0) is 22.2. The van der Waals surface area contributed by atoms with Crippen LogP contribution in [-0.2, 0) is 4.74 Å². The summed E-state index contributed by atoms with van der Waals surface area (Å²) in [5.74, 6) is -0.0906. The molecular weight excluding hydrogens is 469 g/mol. The molecule has 1 aliphatic heterocycles. The number of rotatable bonds is 3. The van der Waals surface area contributed by atoms with Gasteiger partial charge in [-0.15, -0.1) is 0 Å². The van der Waals surface area contributed by atoms with Crippen LogP contribution < -0.4 is 0 Å². The number of amides is 1. The summed E-state index contributed by atoms with van der Waals surface area (Å²) >= 11 is 19.3. The molecule has 0 N–H and O–H groups in total. The Labute approximate surface area is 200 Å². The molecule has 1 fully saturated rings. The topological polar surface area (TPSA) is 46.8 Å². The van der Waals surface area contributed by atoms with Gasteiger partial charge in [-0.2, -0.15) is 0 Å². The van der Waals surface area contributed by atoms with Gasteiger partial charge in [-0.1, -0.05) is 65.1 Å². The third kappa shape index (κ3) is 3.86. The highest BCUT2D eigenvalue weighted by Crippen LogP contribution is 2.38. The minimum absolute atomic E-state index is 0.0906. The van der Waals surface area contributed by atoms with E-state index in [-0.39, 0.29) is 5.91 Å². The van der Waals surface area contributed by atoms with Gasteiger partial charge >= 0.3 is 0 Å². The fraction of sp³-hybridized carbons (Fsp3) is 0.167. The Hall–Kier alpha value is -2.57. The Balaban J connectivity index is 1.74.